The summed E-state index contributed by atoms with van der Waals surface area (Å²) in [6.45, 7) is 0. The van der Waals surface area contributed by atoms with Crippen molar-refractivity contribution in [1.29, 1.82) is 0 Å². The van der Waals surface area contributed by atoms with Gasteiger partial charge < -0.3 is 4.98 Å². The van der Waals surface area contributed by atoms with E-state index in [-0.39, 0.29) is 5.82 Å². The first-order valence-electron chi connectivity index (χ1n) is 6.11. The summed E-state index contributed by atoms with van der Waals surface area (Å²) in [4.78, 5) is 3.19. The van der Waals surface area contributed by atoms with Crippen LogP contribution in [0.25, 0.3) is 10.9 Å². The average Bonchev–Trinajstić information content (AvgIpc) is 2.73. The second-order valence-electron chi connectivity index (χ2n) is 4.77. The number of fused-ring (bicyclic) bond motifs is 1. The van der Waals surface area contributed by atoms with Gasteiger partial charge in [-0.15, -0.1) is 0 Å². The van der Waals surface area contributed by atoms with Gasteiger partial charge in [0.25, 0.3) is 0 Å². The van der Waals surface area contributed by atoms with E-state index < -0.39 is 0 Å². The van der Waals surface area contributed by atoms with Crippen LogP contribution in [0.1, 0.15) is 43.6 Å². The summed E-state index contributed by atoms with van der Waals surface area (Å²) in [5, 5.41) is 1.20. The van der Waals surface area contributed by atoms with Gasteiger partial charge >= 0.3 is 0 Å². The molecule has 2 aromatic rings. The third kappa shape index (κ3) is 1.62. The molecule has 0 bridgehead atoms. The van der Waals surface area contributed by atoms with Crippen molar-refractivity contribution < 1.29 is 4.39 Å². The summed E-state index contributed by atoms with van der Waals surface area (Å²) in [7, 11) is 0. The van der Waals surface area contributed by atoms with Crippen molar-refractivity contribution in [2.24, 2.45) is 0 Å². The van der Waals surface area contributed by atoms with E-state index in [2.05, 4.69) is 11.2 Å². The minimum Gasteiger partial charge on any atom is -0.361 e. The van der Waals surface area contributed by atoms with Crippen molar-refractivity contribution in [3.8, 4) is 0 Å². The first-order chi connectivity index (χ1) is 7.84. The average molecular weight is 217 g/mol. The SMILES string of the molecule is Fc1ccc2c(C3CCCCC3)c[nH]c2c1. The number of H-pyrrole nitrogens is 1. The van der Waals surface area contributed by atoms with Crippen molar-refractivity contribution in [2.75, 3.05) is 0 Å². The zero-order valence-electron chi connectivity index (χ0n) is 9.30. The highest BCUT2D eigenvalue weighted by Crippen LogP contribution is 2.36. The summed E-state index contributed by atoms with van der Waals surface area (Å²) >= 11 is 0. The molecule has 1 heterocycles. The van der Waals surface area contributed by atoms with Crippen LogP contribution in [0.15, 0.2) is 24.4 Å². The maximum absolute atomic E-state index is 13.1. The van der Waals surface area contributed by atoms with E-state index in [1.54, 1.807) is 12.1 Å². The van der Waals surface area contributed by atoms with Crippen molar-refractivity contribution in [1.82, 2.24) is 4.98 Å². The van der Waals surface area contributed by atoms with E-state index in [1.165, 1.54) is 43.1 Å². The molecule has 3 rings (SSSR count). The number of benzene rings is 1. The fourth-order valence-corrected chi connectivity index (χ4v) is 2.87. The lowest BCUT2D eigenvalue weighted by Gasteiger charge is -2.21. The van der Waals surface area contributed by atoms with E-state index in [4.69, 9.17) is 0 Å². The number of hydrogen-bond acceptors (Lipinski definition) is 0. The normalized spacial score (nSPS) is 18.1. The molecule has 16 heavy (non-hydrogen) atoms. The van der Waals surface area contributed by atoms with Crippen molar-refractivity contribution in [3.63, 3.8) is 0 Å². The predicted octanol–water partition coefficient (Wildman–Crippen LogP) is 4.35. The molecule has 84 valence electrons. The lowest BCUT2D eigenvalue weighted by Crippen LogP contribution is -2.03. The Hall–Kier alpha value is -1.31. The number of halogens is 1. The Labute approximate surface area is 94.7 Å². The van der Waals surface area contributed by atoms with E-state index in [0.29, 0.717) is 5.92 Å². The quantitative estimate of drug-likeness (QED) is 0.730. The van der Waals surface area contributed by atoms with E-state index in [9.17, 15) is 4.39 Å². The van der Waals surface area contributed by atoms with Crippen LogP contribution in [-0.4, -0.2) is 4.98 Å². The van der Waals surface area contributed by atoms with Gasteiger partial charge in [-0.05, 0) is 42.5 Å². The molecule has 1 nitrogen and oxygen atoms in total. The molecule has 1 aliphatic carbocycles. The fourth-order valence-electron chi connectivity index (χ4n) is 2.87. The van der Waals surface area contributed by atoms with E-state index in [0.717, 1.165) is 5.52 Å². The molecule has 2 heteroatoms. The Morgan fingerprint density at radius 1 is 1.12 bits per heavy atom. The molecule has 0 aliphatic heterocycles. The van der Waals surface area contributed by atoms with Crippen LogP contribution < -0.4 is 0 Å². The summed E-state index contributed by atoms with van der Waals surface area (Å²) in [5.41, 5.74) is 2.32. The maximum atomic E-state index is 13.1. The predicted molar refractivity (Wildman–Crippen MR) is 64.1 cm³/mol. The number of aromatic nitrogens is 1. The number of rotatable bonds is 1. The number of hydrogen-bond donors (Lipinski definition) is 1. The summed E-state index contributed by atoms with van der Waals surface area (Å²) in [6, 6.07) is 5.05. The molecule has 1 aliphatic rings. The Balaban J connectivity index is 2.03. The second kappa shape index (κ2) is 3.93. The smallest absolute Gasteiger partial charge is 0.125 e. The summed E-state index contributed by atoms with van der Waals surface area (Å²) < 4.78 is 13.1. The van der Waals surface area contributed by atoms with Gasteiger partial charge in [0.2, 0.25) is 0 Å². The minimum atomic E-state index is -0.162. The highest BCUT2D eigenvalue weighted by molar-refractivity contribution is 5.83. The number of nitrogens with one attached hydrogen (secondary N) is 1. The first-order valence-corrected chi connectivity index (χ1v) is 6.11. The van der Waals surface area contributed by atoms with Crippen molar-refractivity contribution in [2.45, 2.75) is 38.0 Å². The largest absolute Gasteiger partial charge is 0.361 e. The van der Waals surface area contributed by atoms with Crippen LogP contribution in [0, 0.1) is 5.82 Å². The molecule has 1 aromatic heterocycles. The fraction of sp³-hybridized carbons (Fsp3) is 0.429. The monoisotopic (exact) mass is 217 g/mol. The minimum absolute atomic E-state index is 0.162. The van der Waals surface area contributed by atoms with Crippen LogP contribution in [0.4, 0.5) is 4.39 Å². The number of aromatic amines is 1. The van der Waals surface area contributed by atoms with Gasteiger partial charge in [0.05, 0.1) is 0 Å². The summed E-state index contributed by atoms with van der Waals surface area (Å²) in [6.07, 6.45) is 8.67. The van der Waals surface area contributed by atoms with Crippen LogP contribution >= 0.6 is 0 Å². The van der Waals surface area contributed by atoms with E-state index in [1.807, 2.05) is 6.07 Å². The Morgan fingerprint density at radius 3 is 2.75 bits per heavy atom. The van der Waals surface area contributed by atoms with Gasteiger partial charge in [0.15, 0.2) is 0 Å². The molecule has 0 saturated heterocycles. The van der Waals surface area contributed by atoms with Crippen molar-refractivity contribution >= 4 is 10.9 Å². The second-order valence-corrected chi connectivity index (χ2v) is 4.77. The van der Waals surface area contributed by atoms with Gasteiger partial charge in [-0.3, -0.25) is 0 Å². The van der Waals surface area contributed by atoms with Crippen LogP contribution in [-0.2, 0) is 0 Å². The van der Waals surface area contributed by atoms with Gasteiger partial charge in [0.1, 0.15) is 5.82 Å². The third-order valence-electron chi connectivity index (χ3n) is 3.72. The van der Waals surface area contributed by atoms with Gasteiger partial charge in [0, 0.05) is 17.1 Å². The van der Waals surface area contributed by atoms with Crippen LogP contribution in [0.2, 0.25) is 0 Å². The molecule has 0 unspecified atom stereocenters. The molecule has 1 N–H and O–H groups in total. The molecule has 1 fully saturated rings. The molecule has 1 saturated carbocycles. The molecule has 1 aromatic carbocycles. The Morgan fingerprint density at radius 2 is 1.94 bits per heavy atom. The summed E-state index contributed by atoms with van der Waals surface area (Å²) in [5.74, 6) is 0.512. The Bertz CT molecular complexity index is 494. The van der Waals surface area contributed by atoms with Crippen LogP contribution in [0.5, 0.6) is 0 Å². The third-order valence-corrected chi connectivity index (χ3v) is 3.72. The van der Waals surface area contributed by atoms with E-state index >= 15 is 0 Å². The molecular formula is C14H16FN. The van der Waals surface area contributed by atoms with Gasteiger partial charge in [-0.1, -0.05) is 19.3 Å². The molecule has 0 radical (unpaired) electrons. The Kier molecular flexibility index (Phi) is 2.43. The highest BCUT2D eigenvalue weighted by Gasteiger charge is 2.18. The first kappa shape index (κ1) is 9.88. The standard InChI is InChI=1S/C14H16FN/c15-11-6-7-12-13(9-16-14(12)8-11)10-4-2-1-3-5-10/h6-10,16H,1-5H2. The maximum Gasteiger partial charge on any atom is 0.125 e. The highest BCUT2D eigenvalue weighted by atomic mass is 19.1. The zero-order valence-corrected chi connectivity index (χ0v) is 9.30. The van der Waals surface area contributed by atoms with Crippen molar-refractivity contribution in [3.05, 3.63) is 35.8 Å². The lowest BCUT2D eigenvalue weighted by molar-refractivity contribution is 0.445. The lowest BCUT2D eigenvalue weighted by atomic mass is 9.84. The zero-order chi connectivity index (χ0) is 11.0. The van der Waals surface area contributed by atoms with Crippen LogP contribution in [0.3, 0.4) is 0 Å². The molecule has 0 amide bonds. The molecule has 0 spiro atoms. The van der Waals surface area contributed by atoms with Gasteiger partial charge in [-0.25, -0.2) is 4.39 Å². The molecule has 0 atom stereocenters. The van der Waals surface area contributed by atoms with Gasteiger partial charge in [-0.2, -0.15) is 0 Å². The topological polar surface area (TPSA) is 15.8 Å². The molecular weight excluding hydrogens is 201 g/mol.